The molecule has 70 valence electrons. The van der Waals surface area contributed by atoms with E-state index in [1.807, 2.05) is 0 Å². The molecule has 0 aromatic heterocycles. The molecule has 0 saturated heterocycles. The fraction of sp³-hybridized carbons (Fsp3) is 0.750. The van der Waals surface area contributed by atoms with E-state index in [1.54, 1.807) is 6.92 Å². The molecule has 0 aromatic rings. The molecule has 4 heteroatoms. The maximum absolute atomic E-state index is 10.9. The van der Waals surface area contributed by atoms with E-state index in [1.165, 1.54) is 13.8 Å². The van der Waals surface area contributed by atoms with Crippen LogP contribution < -0.4 is 5.32 Å². The van der Waals surface area contributed by atoms with Crippen molar-refractivity contribution in [3.8, 4) is 0 Å². The monoisotopic (exact) mass is 173 g/mol. The summed E-state index contributed by atoms with van der Waals surface area (Å²) in [5.74, 6) is -0.456. The third kappa shape index (κ3) is 3.48. The van der Waals surface area contributed by atoms with Crippen LogP contribution in [-0.2, 0) is 9.59 Å². The molecule has 1 amide bonds. The smallest absolute Gasteiger partial charge is 0.220 e. The highest BCUT2D eigenvalue weighted by atomic mass is 16.3. The van der Waals surface area contributed by atoms with Crippen LogP contribution in [0.15, 0.2) is 0 Å². The molecule has 0 radical (unpaired) electrons. The lowest BCUT2D eigenvalue weighted by Gasteiger charge is -2.17. The van der Waals surface area contributed by atoms with Gasteiger partial charge in [0.1, 0.15) is 6.04 Å². The van der Waals surface area contributed by atoms with E-state index in [2.05, 4.69) is 5.32 Å². The normalized spacial score (nSPS) is 15.0. The Morgan fingerprint density at radius 1 is 1.50 bits per heavy atom. The minimum atomic E-state index is -0.835. The number of Topliss-reactive ketones (excluding diaryl/α,β-unsaturated/α-hetero) is 1. The molecule has 0 aromatic carbocycles. The highest BCUT2D eigenvalue weighted by molar-refractivity contribution is 5.87. The Morgan fingerprint density at radius 3 is 2.25 bits per heavy atom. The Labute approximate surface area is 72.0 Å². The second kappa shape index (κ2) is 4.87. The topological polar surface area (TPSA) is 66.4 Å². The van der Waals surface area contributed by atoms with Crippen LogP contribution >= 0.6 is 0 Å². The SMILES string of the molecule is CCC(=O)N[C@H](C(C)=O)[C@H](C)O. The summed E-state index contributed by atoms with van der Waals surface area (Å²) in [7, 11) is 0. The Balaban J connectivity index is 4.14. The minimum absolute atomic E-state index is 0.226. The van der Waals surface area contributed by atoms with Gasteiger partial charge in [0, 0.05) is 6.42 Å². The van der Waals surface area contributed by atoms with Gasteiger partial charge < -0.3 is 10.4 Å². The lowest BCUT2D eigenvalue weighted by molar-refractivity contribution is -0.128. The first-order chi connectivity index (χ1) is 5.49. The molecule has 2 N–H and O–H groups in total. The summed E-state index contributed by atoms with van der Waals surface area (Å²) in [6.45, 7) is 4.50. The quantitative estimate of drug-likeness (QED) is 0.621. The van der Waals surface area contributed by atoms with Crippen LogP contribution in [0.25, 0.3) is 0 Å². The summed E-state index contributed by atoms with van der Waals surface area (Å²) in [5.41, 5.74) is 0. The molecule has 0 aliphatic heterocycles. The molecular weight excluding hydrogens is 158 g/mol. The van der Waals surface area contributed by atoms with E-state index in [0.717, 1.165) is 0 Å². The average Bonchev–Trinajstić information content (AvgIpc) is 1.98. The predicted molar refractivity (Wildman–Crippen MR) is 44.6 cm³/mol. The van der Waals surface area contributed by atoms with Gasteiger partial charge in [0.05, 0.1) is 6.10 Å². The van der Waals surface area contributed by atoms with Crippen molar-refractivity contribution < 1.29 is 14.7 Å². The predicted octanol–water partition coefficient (Wildman–Crippen LogP) is -0.149. The van der Waals surface area contributed by atoms with Crippen molar-refractivity contribution in [3.63, 3.8) is 0 Å². The van der Waals surface area contributed by atoms with Crippen molar-refractivity contribution in [1.29, 1.82) is 0 Å². The molecule has 0 aliphatic rings. The fourth-order valence-electron chi connectivity index (χ4n) is 0.837. The molecular formula is C8H15NO3. The highest BCUT2D eigenvalue weighted by Gasteiger charge is 2.20. The third-order valence-electron chi connectivity index (χ3n) is 1.56. The Bertz CT molecular complexity index is 177. The third-order valence-corrected chi connectivity index (χ3v) is 1.56. The van der Waals surface area contributed by atoms with E-state index in [9.17, 15) is 9.59 Å². The van der Waals surface area contributed by atoms with Crippen LogP contribution in [0.3, 0.4) is 0 Å². The van der Waals surface area contributed by atoms with E-state index in [0.29, 0.717) is 6.42 Å². The zero-order chi connectivity index (χ0) is 9.72. The molecule has 0 aliphatic carbocycles. The van der Waals surface area contributed by atoms with Crippen LogP contribution in [0, 0.1) is 0 Å². The van der Waals surface area contributed by atoms with Crippen LogP contribution in [0.5, 0.6) is 0 Å². The first kappa shape index (κ1) is 11.1. The molecule has 0 spiro atoms. The maximum Gasteiger partial charge on any atom is 0.220 e. The molecule has 12 heavy (non-hydrogen) atoms. The zero-order valence-electron chi connectivity index (χ0n) is 7.63. The molecule has 0 fully saturated rings. The van der Waals surface area contributed by atoms with Gasteiger partial charge in [-0.3, -0.25) is 9.59 Å². The van der Waals surface area contributed by atoms with Crippen molar-refractivity contribution in [2.45, 2.75) is 39.3 Å². The lowest BCUT2D eigenvalue weighted by Crippen LogP contribution is -2.46. The number of carbonyl (C=O) groups is 2. The molecule has 0 rings (SSSR count). The van der Waals surface area contributed by atoms with Crippen LogP contribution in [0.4, 0.5) is 0 Å². The van der Waals surface area contributed by atoms with Gasteiger partial charge in [-0.15, -0.1) is 0 Å². The van der Waals surface area contributed by atoms with E-state index in [4.69, 9.17) is 5.11 Å². The van der Waals surface area contributed by atoms with Gasteiger partial charge in [0.2, 0.25) is 5.91 Å². The lowest BCUT2D eigenvalue weighted by atomic mass is 10.1. The minimum Gasteiger partial charge on any atom is -0.391 e. The second-order valence-electron chi connectivity index (χ2n) is 2.75. The molecule has 4 nitrogen and oxygen atoms in total. The first-order valence-electron chi connectivity index (χ1n) is 3.97. The van der Waals surface area contributed by atoms with Gasteiger partial charge in [-0.1, -0.05) is 6.92 Å². The Hall–Kier alpha value is -0.900. The van der Waals surface area contributed by atoms with Gasteiger partial charge in [-0.25, -0.2) is 0 Å². The largest absolute Gasteiger partial charge is 0.391 e. The van der Waals surface area contributed by atoms with E-state index in [-0.39, 0.29) is 11.7 Å². The molecule has 2 atom stereocenters. The van der Waals surface area contributed by atoms with E-state index >= 15 is 0 Å². The van der Waals surface area contributed by atoms with Gasteiger partial charge in [0.25, 0.3) is 0 Å². The fourth-order valence-corrected chi connectivity index (χ4v) is 0.837. The number of amides is 1. The van der Waals surface area contributed by atoms with Gasteiger partial charge >= 0.3 is 0 Å². The van der Waals surface area contributed by atoms with Crippen molar-refractivity contribution >= 4 is 11.7 Å². The Morgan fingerprint density at radius 2 is 2.00 bits per heavy atom. The van der Waals surface area contributed by atoms with Crippen LogP contribution in [0.1, 0.15) is 27.2 Å². The summed E-state index contributed by atoms with van der Waals surface area (Å²) in [5, 5.41) is 11.5. The summed E-state index contributed by atoms with van der Waals surface area (Å²) in [4.78, 5) is 21.7. The summed E-state index contributed by atoms with van der Waals surface area (Å²) < 4.78 is 0. The summed E-state index contributed by atoms with van der Waals surface area (Å²) in [6, 6.07) is -0.766. The highest BCUT2D eigenvalue weighted by Crippen LogP contribution is 1.94. The number of ketones is 1. The second-order valence-corrected chi connectivity index (χ2v) is 2.75. The Kier molecular flexibility index (Phi) is 4.51. The zero-order valence-corrected chi connectivity index (χ0v) is 7.63. The van der Waals surface area contributed by atoms with E-state index < -0.39 is 12.1 Å². The van der Waals surface area contributed by atoms with Crippen LogP contribution in [-0.4, -0.2) is 28.9 Å². The van der Waals surface area contributed by atoms with Gasteiger partial charge in [-0.2, -0.15) is 0 Å². The number of aliphatic hydroxyl groups is 1. The number of carbonyl (C=O) groups excluding carboxylic acids is 2. The summed E-state index contributed by atoms with van der Waals surface area (Å²) >= 11 is 0. The molecule has 0 saturated carbocycles. The molecule has 0 unspecified atom stereocenters. The number of rotatable bonds is 4. The van der Waals surface area contributed by atoms with Crippen molar-refractivity contribution in [2.24, 2.45) is 0 Å². The van der Waals surface area contributed by atoms with Crippen molar-refractivity contribution in [1.82, 2.24) is 5.32 Å². The molecule has 0 heterocycles. The number of hydrogen-bond acceptors (Lipinski definition) is 3. The molecule has 0 bridgehead atoms. The van der Waals surface area contributed by atoms with Crippen molar-refractivity contribution in [2.75, 3.05) is 0 Å². The van der Waals surface area contributed by atoms with Crippen LogP contribution in [0.2, 0.25) is 0 Å². The number of nitrogens with one attached hydrogen (secondary N) is 1. The van der Waals surface area contributed by atoms with Crippen molar-refractivity contribution in [3.05, 3.63) is 0 Å². The number of aliphatic hydroxyl groups excluding tert-OH is 1. The average molecular weight is 173 g/mol. The number of hydrogen-bond donors (Lipinski definition) is 2. The standard InChI is InChI=1S/C8H15NO3/c1-4-7(12)9-8(5(2)10)6(3)11/h5,8,10H,4H2,1-3H3,(H,9,12)/t5-,8-/m0/s1. The summed E-state index contributed by atoms with van der Waals surface area (Å²) in [6.07, 6.45) is -0.519. The maximum atomic E-state index is 10.9. The first-order valence-corrected chi connectivity index (χ1v) is 3.97. The van der Waals surface area contributed by atoms with Gasteiger partial charge in [0.15, 0.2) is 5.78 Å². The van der Waals surface area contributed by atoms with Gasteiger partial charge in [-0.05, 0) is 13.8 Å².